The molecule has 0 aliphatic heterocycles. The van der Waals surface area contributed by atoms with Gasteiger partial charge >= 0.3 is 5.97 Å². The van der Waals surface area contributed by atoms with Crippen LogP contribution >= 0.6 is 0 Å². The monoisotopic (exact) mass is 287 g/mol. The third-order valence-electron chi connectivity index (χ3n) is 4.07. The molecule has 0 aliphatic carbocycles. The summed E-state index contributed by atoms with van der Waals surface area (Å²) >= 11 is 0. The van der Waals surface area contributed by atoms with Crippen molar-refractivity contribution in [2.45, 2.75) is 53.9 Å². The quantitative estimate of drug-likeness (QED) is 0.605. The molecule has 0 bridgehead atoms. The lowest BCUT2D eigenvalue weighted by Gasteiger charge is -2.30. The second-order valence-electron chi connectivity index (χ2n) is 6.82. The first-order chi connectivity index (χ1) is 9.05. The van der Waals surface area contributed by atoms with E-state index in [9.17, 15) is 14.7 Å². The van der Waals surface area contributed by atoms with Crippen molar-refractivity contribution in [1.29, 1.82) is 0 Å². The van der Waals surface area contributed by atoms with E-state index in [4.69, 9.17) is 5.11 Å². The summed E-state index contributed by atoms with van der Waals surface area (Å²) in [7, 11) is 0. The van der Waals surface area contributed by atoms with Crippen LogP contribution in [0.3, 0.4) is 0 Å². The normalized spacial score (nSPS) is 14.9. The summed E-state index contributed by atoms with van der Waals surface area (Å²) in [6.45, 7) is 9.89. The van der Waals surface area contributed by atoms with Gasteiger partial charge in [0.1, 0.15) is 0 Å². The molecule has 0 saturated heterocycles. The number of rotatable bonds is 9. The van der Waals surface area contributed by atoms with Gasteiger partial charge in [0.05, 0.1) is 5.41 Å². The molecule has 0 aromatic heterocycles. The van der Waals surface area contributed by atoms with Gasteiger partial charge in [-0.2, -0.15) is 0 Å². The fraction of sp³-hybridized carbons (Fsp3) is 0.867. The van der Waals surface area contributed by atoms with Gasteiger partial charge in [0, 0.05) is 19.6 Å². The van der Waals surface area contributed by atoms with Gasteiger partial charge in [-0.25, -0.2) is 0 Å². The van der Waals surface area contributed by atoms with Crippen LogP contribution in [-0.4, -0.2) is 35.2 Å². The van der Waals surface area contributed by atoms with Crippen molar-refractivity contribution in [3.05, 3.63) is 0 Å². The minimum atomic E-state index is -1.04. The summed E-state index contributed by atoms with van der Waals surface area (Å²) in [4.78, 5) is 23.3. The van der Waals surface area contributed by atoms with E-state index in [0.717, 1.165) is 6.42 Å². The Hall–Kier alpha value is -1.10. The third kappa shape index (κ3) is 5.90. The summed E-state index contributed by atoms with van der Waals surface area (Å²) in [6.07, 6.45) is 1.49. The lowest BCUT2D eigenvalue weighted by Crippen LogP contribution is -2.41. The van der Waals surface area contributed by atoms with E-state index in [2.05, 4.69) is 5.32 Å². The van der Waals surface area contributed by atoms with Gasteiger partial charge in [-0.1, -0.05) is 27.7 Å². The number of nitrogens with one attached hydrogen (secondary N) is 1. The van der Waals surface area contributed by atoms with Crippen LogP contribution in [0, 0.1) is 16.7 Å². The van der Waals surface area contributed by atoms with Crippen LogP contribution < -0.4 is 5.32 Å². The summed E-state index contributed by atoms with van der Waals surface area (Å²) in [5, 5.41) is 20.9. The molecule has 5 heteroatoms. The average Bonchev–Trinajstić information content (AvgIpc) is 2.33. The highest BCUT2D eigenvalue weighted by Crippen LogP contribution is 2.31. The Balaban J connectivity index is 4.46. The Bertz CT molecular complexity index is 339. The highest BCUT2D eigenvalue weighted by molar-refractivity contribution is 5.84. The molecule has 0 aromatic carbocycles. The Morgan fingerprint density at radius 1 is 1.20 bits per heavy atom. The first-order valence-corrected chi connectivity index (χ1v) is 7.16. The van der Waals surface area contributed by atoms with Crippen LogP contribution in [0.4, 0.5) is 0 Å². The number of hydrogen-bond acceptors (Lipinski definition) is 3. The largest absolute Gasteiger partial charge is 0.481 e. The second-order valence-corrected chi connectivity index (χ2v) is 6.82. The molecule has 5 nitrogen and oxygen atoms in total. The fourth-order valence-corrected chi connectivity index (χ4v) is 1.91. The minimum absolute atomic E-state index is 0.0178. The topological polar surface area (TPSA) is 86.6 Å². The number of aliphatic hydroxyl groups excluding tert-OH is 1. The number of carboxylic acid groups (broad SMARTS) is 1. The predicted molar refractivity (Wildman–Crippen MR) is 78.3 cm³/mol. The zero-order chi connectivity index (χ0) is 16.0. The Labute approximate surface area is 121 Å². The van der Waals surface area contributed by atoms with Crippen LogP contribution in [0.2, 0.25) is 0 Å². The summed E-state index contributed by atoms with van der Waals surface area (Å²) in [6, 6.07) is 0. The smallest absolute Gasteiger partial charge is 0.310 e. The van der Waals surface area contributed by atoms with E-state index in [-0.39, 0.29) is 30.3 Å². The van der Waals surface area contributed by atoms with Gasteiger partial charge < -0.3 is 15.5 Å². The van der Waals surface area contributed by atoms with Crippen LogP contribution in [0.15, 0.2) is 0 Å². The van der Waals surface area contributed by atoms with E-state index in [0.29, 0.717) is 13.0 Å². The van der Waals surface area contributed by atoms with E-state index in [1.165, 1.54) is 0 Å². The van der Waals surface area contributed by atoms with Crippen molar-refractivity contribution < 1.29 is 19.8 Å². The Morgan fingerprint density at radius 2 is 1.75 bits per heavy atom. The number of aliphatic hydroxyl groups is 1. The van der Waals surface area contributed by atoms with E-state index < -0.39 is 11.4 Å². The zero-order valence-electron chi connectivity index (χ0n) is 13.3. The van der Waals surface area contributed by atoms with Crippen LogP contribution in [0.5, 0.6) is 0 Å². The van der Waals surface area contributed by atoms with Crippen LogP contribution in [0.1, 0.15) is 53.9 Å². The average molecular weight is 287 g/mol. The van der Waals surface area contributed by atoms with Gasteiger partial charge in [0.2, 0.25) is 5.91 Å². The molecule has 1 amide bonds. The predicted octanol–water partition coefficient (Wildman–Crippen LogP) is 2.04. The van der Waals surface area contributed by atoms with Crippen LogP contribution in [-0.2, 0) is 9.59 Å². The first kappa shape index (κ1) is 18.9. The molecule has 0 spiro atoms. The summed E-state index contributed by atoms with van der Waals surface area (Å²) in [5.74, 6) is -1.30. The number of carbonyl (C=O) groups is 2. The molecule has 0 heterocycles. The molecule has 1 unspecified atom stereocenters. The number of carbonyl (C=O) groups excluding carboxylic acids is 1. The fourth-order valence-electron chi connectivity index (χ4n) is 1.91. The maximum Gasteiger partial charge on any atom is 0.310 e. The standard InChI is InChI=1S/C15H29NO4/c1-11(2)15(5,13(19)20)9-12(18)16-10-14(3,4)7-6-8-17/h11,17H,6-10H2,1-5H3,(H,16,18)(H,19,20). The van der Waals surface area contributed by atoms with Crippen molar-refractivity contribution in [3.63, 3.8) is 0 Å². The van der Waals surface area contributed by atoms with Crippen molar-refractivity contribution >= 4 is 11.9 Å². The molecule has 118 valence electrons. The van der Waals surface area contributed by atoms with E-state index in [1.54, 1.807) is 6.92 Å². The highest BCUT2D eigenvalue weighted by atomic mass is 16.4. The molecule has 0 radical (unpaired) electrons. The molecule has 0 saturated carbocycles. The molecule has 0 rings (SSSR count). The molecular formula is C15H29NO4. The molecule has 20 heavy (non-hydrogen) atoms. The van der Waals surface area contributed by atoms with E-state index >= 15 is 0 Å². The molecule has 1 atom stereocenters. The lowest BCUT2D eigenvalue weighted by atomic mass is 9.76. The lowest BCUT2D eigenvalue weighted by molar-refractivity contribution is -0.153. The highest BCUT2D eigenvalue weighted by Gasteiger charge is 2.38. The SMILES string of the molecule is CC(C)C(C)(CC(=O)NCC(C)(C)CCCO)C(=O)O. The van der Waals surface area contributed by atoms with Gasteiger partial charge in [-0.15, -0.1) is 0 Å². The Morgan fingerprint density at radius 3 is 2.15 bits per heavy atom. The number of amides is 1. The first-order valence-electron chi connectivity index (χ1n) is 7.16. The zero-order valence-corrected chi connectivity index (χ0v) is 13.3. The van der Waals surface area contributed by atoms with Crippen molar-refractivity contribution in [2.75, 3.05) is 13.2 Å². The Kier molecular flexibility index (Phi) is 7.20. The van der Waals surface area contributed by atoms with Gasteiger partial charge in [-0.05, 0) is 31.1 Å². The maximum atomic E-state index is 12.0. The molecular weight excluding hydrogens is 258 g/mol. The van der Waals surface area contributed by atoms with Gasteiger partial charge in [-0.3, -0.25) is 9.59 Å². The van der Waals surface area contributed by atoms with Gasteiger partial charge in [0.15, 0.2) is 0 Å². The maximum absolute atomic E-state index is 12.0. The molecule has 0 aliphatic rings. The minimum Gasteiger partial charge on any atom is -0.481 e. The number of carboxylic acids is 1. The van der Waals surface area contributed by atoms with Crippen molar-refractivity contribution in [2.24, 2.45) is 16.7 Å². The van der Waals surface area contributed by atoms with E-state index in [1.807, 2.05) is 27.7 Å². The molecule has 0 fully saturated rings. The van der Waals surface area contributed by atoms with Crippen molar-refractivity contribution in [1.82, 2.24) is 5.32 Å². The molecule has 0 aromatic rings. The van der Waals surface area contributed by atoms with Crippen LogP contribution in [0.25, 0.3) is 0 Å². The summed E-state index contributed by atoms with van der Waals surface area (Å²) in [5.41, 5.74) is -1.14. The number of aliphatic carboxylic acids is 1. The molecule has 3 N–H and O–H groups in total. The number of hydrogen-bond donors (Lipinski definition) is 3. The second kappa shape index (κ2) is 7.62. The van der Waals surface area contributed by atoms with Crippen molar-refractivity contribution in [3.8, 4) is 0 Å². The third-order valence-corrected chi connectivity index (χ3v) is 4.07. The summed E-state index contributed by atoms with van der Waals surface area (Å²) < 4.78 is 0. The van der Waals surface area contributed by atoms with Gasteiger partial charge in [0.25, 0.3) is 0 Å².